The van der Waals surface area contributed by atoms with Crippen LogP contribution in [0, 0.1) is 0 Å². The van der Waals surface area contributed by atoms with Gasteiger partial charge in [-0.1, -0.05) is 12.1 Å². The molecule has 2 N–H and O–H groups in total. The summed E-state index contributed by atoms with van der Waals surface area (Å²) in [5.74, 6) is -0.0879. The fourth-order valence-electron chi connectivity index (χ4n) is 2.05. The molecule has 5 nitrogen and oxygen atoms in total. The van der Waals surface area contributed by atoms with E-state index in [1.807, 2.05) is 24.3 Å². The molecule has 0 aliphatic rings. The average molecular weight is 252 g/mol. The van der Waals surface area contributed by atoms with Crippen LogP contribution < -0.4 is 5.32 Å². The van der Waals surface area contributed by atoms with Crippen LogP contribution in [0.25, 0.3) is 22.0 Å². The summed E-state index contributed by atoms with van der Waals surface area (Å²) in [7, 11) is 0. The minimum Gasteiger partial charge on any atom is -0.326 e. The highest BCUT2D eigenvalue weighted by atomic mass is 16.1. The molecule has 19 heavy (non-hydrogen) atoms. The van der Waals surface area contributed by atoms with Crippen LogP contribution >= 0.6 is 0 Å². The number of nitrogens with one attached hydrogen (secondary N) is 2. The Labute approximate surface area is 109 Å². The molecule has 2 heterocycles. The maximum atomic E-state index is 11.1. The van der Waals surface area contributed by atoms with E-state index in [1.54, 1.807) is 18.6 Å². The number of pyridine rings is 1. The Morgan fingerprint density at radius 2 is 2.16 bits per heavy atom. The lowest BCUT2D eigenvalue weighted by molar-refractivity contribution is -0.114. The first-order valence-electron chi connectivity index (χ1n) is 5.89. The van der Waals surface area contributed by atoms with E-state index in [1.165, 1.54) is 6.92 Å². The van der Waals surface area contributed by atoms with Crippen molar-refractivity contribution < 1.29 is 4.79 Å². The number of amides is 1. The third kappa shape index (κ3) is 2.18. The molecular formula is C14H12N4O. The number of rotatable bonds is 2. The molecule has 3 aromatic rings. The van der Waals surface area contributed by atoms with Gasteiger partial charge in [-0.05, 0) is 17.7 Å². The van der Waals surface area contributed by atoms with Gasteiger partial charge in [0.2, 0.25) is 5.91 Å². The van der Waals surface area contributed by atoms with Crippen molar-refractivity contribution in [3.63, 3.8) is 0 Å². The van der Waals surface area contributed by atoms with E-state index in [9.17, 15) is 4.79 Å². The van der Waals surface area contributed by atoms with Gasteiger partial charge in [-0.2, -0.15) is 5.10 Å². The molecule has 0 radical (unpaired) electrons. The van der Waals surface area contributed by atoms with Crippen molar-refractivity contribution in [2.45, 2.75) is 6.92 Å². The van der Waals surface area contributed by atoms with Crippen LogP contribution in [0.4, 0.5) is 5.69 Å². The lowest BCUT2D eigenvalue weighted by Crippen LogP contribution is -2.05. The highest BCUT2D eigenvalue weighted by Crippen LogP contribution is 2.27. The summed E-state index contributed by atoms with van der Waals surface area (Å²) in [6.45, 7) is 1.49. The van der Waals surface area contributed by atoms with E-state index in [0.29, 0.717) is 0 Å². The molecule has 1 aromatic carbocycles. The maximum absolute atomic E-state index is 11.1. The molecule has 2 aromatic heterocycles. The number of carbonyl (C=O) groups excluding carboxylic acids is 1. The van der Waals surface area contributed by atoms with Crippen molar-refractivity contribution in [1.29, 1.82) is 0 Å². The van der Waals surface area contributed by atoms with Crippen LogP contribution in [-0.2, 0) is 4.79 Å². The predicted molar refractivity (Wildman–Crippen MR) is 73.6 cm³/mol. The number of H-pyrrole nitrogens is 1. The lowest BCUT2D eigenvalue weighted by Gasteiger charge is -2.06. The molecule has 0 bridgehead atoms. The van der Waals surface area contributed by atoms with Crippen molar-refractivity contribution in [3.05, 3.63) is 42.9 Å². The van der Waals surface area contributed by atoms with Gasteiger partial charge in [-0.25, -0.2) is 0 Å². The molecule has 94 valence electrons. The minimum absolute atomic E-state index is 0.0879. The fourth-order valence-corrected chi connectivity index (χ4v) is 2.05. The molecule has 5 heteroatoms. The number of fused-ring (bicyclic) bond motifs is 1. The van der Waals surface area contributed by atoms with Gasteiger partial charge < -0.3 is 5.32 Å². The summed E-state index contributed by atoms with van der Waals surface area (Å²) in [5.41, 5.74) is 3.65. The molecule has 0 aliphatic carbocycles. The van der Waals surface area contributed by atoms with Gasteiger partial charge in [0.15, 0.2) is 0 Å². The first kappa shape index (κ1) is 11.4. The maximum Gasteiger partial charge on any atom is 0.221 e. The van der Waals surface area contributed by atoms with Crippen molar-refractivity contribution >= 4 is 22.5 Å². The first-order valence-corrected chi connectivity index (χ1v) is 5.89. The molecule has 0 aliphatic heterocycles. The number of aromatic nitrogens is 3. The standard InChI is InChI=1S/C14H12N4O/c1-9(19)17-12-4-2-3-10(5-12)13-8-15-6-11-7-16-18-14(11)13/h2-8H,1H3,(H,16,18)(H,17,19). The summed E-state index contributed by atoms with van der Waals surface area (Å²) in [5, 5.41) is 10.7. The second kappa shape index (κ2) is 4.53. The van der Waals surface area contributed by atoms with Crippen LogP contribution in [-0.4, -0.2) is 21.1 Å². The largest absolute Gasteiger partial charge is 0.326 e. The molecule has 1 amide bonds. The smallest absolute Gasteiger partial charge is 0.221 e. The minimum atomic E-state index is -0.0879. The summed E-state index contributed by atoms with van der Waals surface area (Å²) in [6, 6.07) is 7.64. The van der Waals surface area contributed by atoms with E-state index in [-0.39, 0.29) is 5.91 Å². The fraction of sp³-hybridized carbons (Fsp3) is 0.0714. The third-order valence-electron chi connectivity index (χ3n) is 2.85. The number of nitrogens with zero attached hydrogens (tertiary/aromatic N) is 2. The summed E-state index contributed by atoms with van der Waals surface area (Å²) in [4.78, 5) is 15.3. The zero-order chi connectivity index (χ0) is 13.2. The van der Waals surface area contributed by atoms with Crippen LogP contribution in [0.2, 0.25) is 0 Å². The van der Waals surface area contributed by atoms with Crippen molar-refractivity contribution in [1.82, 2.24) is 15.2 Å². The molecule has 0 saturated heterocycles. The number of anilines is 1. The molecule has 0 atom stereocenters. The van der Waals surface area contributed by atoms with E-state index in [2.05, 4.69) is 20.5 Å². The number of aromatic amines is 1. The Morgan fingerprint density at radius 3 is 3.00 bits per heavy atom. The van der Waals surface area contributed by atoms with Crippen molar-refractivity contribution in [2.75, 3.05) is 5.32 Å². The molecule has 0 spiro atoms. The van der Waals surface area contributed by atoms with Crippen LogP contribution in [0.5, 0.6) is 0 Å². The summed E-state index contributed by atoms with van der Waals surface area (Å²) >= 11 is 0. The molecule has 0 saturated carbocycles. The van der Waals surface area contributed by atoms with E-state index >= 15 is 0 Å². The van der Waals surface area contributed by atoms with Gasteiger partial charge in [-0.3, -0.25) is 14.9 Å². The molecule has 0 fully saturated rings. The van der Waals surface area contributed by atoms with Crippen LogP contribution in [0.3, 0.4) is 0 Å². The Bertz CT molecular complexity index is 748. The highest BCUT2D eigenvalue weighted by Gasteiger charge is 2.07. The second-order valence-electron chi connectivity index (χ2n) is 4.28. The van der Waals surface area contributed by atoms with Gasteiger partial charge in [0, 0.05) is 36.0 Å². The average Bonchev–Trinajstić information content (AvgIpc) is 2.86. The van der Waals surface area contributed by atoms with E-state index in [4.69, 9.17) is 0 Å². The Kier molecular flexibility index (Phi) is 2.72. The van der Waals surface area contributed by atoms with Crippen LogP contribution in [0.1, 0.15) is 6.92 Å². The third-order valence-corrected chi connectivity index (χ3v) is 2.85. The van der Waals surface area contributed by atoms with E-state index < -0.39 is 0 Å². The monoisotopic (exact) mass is 252 g/mol. The van der Waals surface area contributed by atoms with Crippen molar-refractivity contribution in [3.8, 4) is 11.1 Å². The molecular weight excluding hydrogens is 240 g/mol. The summed E-state index contributed by atoms with van der Waals surface area (Å²) < 4.78 is 0. The Hall–Kier alpha value is -2.69. The van der Waals surface area contributed by atoms with Gasteiger partial charge >= 0.3 is 0 Å². The van der Waals surface area contributed by atoms with Gasteiger partial charge in [-0.15, -0.1) is 0 Å². The molecule has 0 unspecified atom stereocenters. The second-order valence-corrected chi connectivity index (χ2v) is 4.28. The predicted octanol–water partition coefficient (Wildman–Crippen LogP) is 2.58. The zero-order valence-electron chi connectivity index (χ0n) is 10.3. The summed E-state index contributed by atoms with van der Waals surface area (Å²) in [6.07, 6.45) is 5.29. The zero-order valence-corrected chi connectivity index (χ0v) is 10.3. The van der Waals surface area contributed by atoms with Crippen LogP contribution in [0.15, 0.2) is 42.9 Å². The molecule has 3 rings (SSSR count). The normalized spacial score (nSPS) is 10.6. The van der Waals surface area contributed by atoms with Crippen molar-refractivity contribution in [2.24, 2.45) is 0 Å². The Morgan fingerprint density at radius 1 is 1.26 bits per heavy atom. The van der Waals surface area contributed by atoms with Gasteiger partial charge in [0.05, 0.1) is 11.7 Å². The Balaban J connectivity index is 2.11. The number of hydrogen-bond donors (Lipinski definition) is 2. The number of benzene rings is 1. The quantitative estimate of drug-likeness (QED) is 0.736. The lowest BCUT2D eigenvalue weighted by atomic mass is 10.1. The topological polar surface area (TPSA) is 70.7 Å². The van der Waals surface area contributed by atoms with E-state index in [0.717, 1.165) is 27.7 Å². The first-order chi connectivity index (χ1) is 9.24. The number of carbonyl (C=O) groups is 1. The SMILES string of the molecule is CC(=O)Nc1cccc(-c2cncc3cn[nH]c23)c1. The number of hydrogen-bond acceptors (Lipinski definition) is 3. The highest BCUT2D eigenvalue weighted by molar-refractivity contribution is 5.94. The van der Waals surface area contributed by atoms with Gasteiger partial charge in [0.25, 0.3) is 0 Å². The van der Waals surface area contributed by atoms with Gasteiger partial charge in [0.1, 0.15) is 0 Å².